The molecule has 21 heavy (non-hydrogen) atoms. The lowest BCUT2D eigenvalue weighted by atomic mass is 9.87. The largest absolute Gasteiger partial charge is 0.396 e. The maximum Gasteiger partial charge on any atom is 0.133 e. The summed E-state index contributed by atoms with van der Waals surface area (Å²) in [5, 5.41) is 8.91. The van der Waals surface area contributed by atoms with Gasteiger partial charge in [-0.3, -0.25) is 0 Å². The van der Waals surface area contributed by atoms with Crippen LogP contribution in [-0.4, -0.2) is 22.8 Å². The number of aliphatic hydroxyl groups is 1. The van der Waals surface area contributed by atoms with Gasteiger partial charge < -0.3 is 9.90 Å². The van der Waals surface area contributed by atoms with E-state index in [-0.39, 0.29) is 11.4 Å². The molecular formula is C18H25BrO2. The molecule has 3 heteroatoms. The van der Waals surface area contributed by atoms with Gasteiger partial charge in [-0.05, 0) is 43.6 Å². The number of alkyl halides is 1. The third-order valence-electron chi connectivity index (χ3n) is 3.77. The number of aldehydes is 1. The first kappa shape index (κ1) is 18.1. The van der Waals surface area contributed by atoms with Crippen LogP contribution in [0.3, 0.4) is 0 Å². The summed E-state index contributed by atoms with van der Waals surface area (Å²) < 4.78 is 0. The topological polar surface area (TPSA) is 37.3 Å². The fraction of sp³-hybridized carbons (Fsp3) is 0.500. The van der Waals surface area contributed by atoms with Crippen LogP contribution in [0, 0.1) is 5.92 Å². The van der Waals surface area contributed by atoms with Crippen molar-refractivity contribution in [1.29, 1.82) is 0 Å². The maximum absolute atomic E-state index is 10.9. The lowest BCUT2D eigenvalue weighted by Crippen LogP contribution is -2.12. The Labute approximate surface area is 136 Å². The predicted molar refractivity (Wildman–Crippen MR) is 91.7 cm³/mol. The highest BCUT2D eigenvalue weighted by Gasteiger charge is 2.16. The van der Waals surface area contributed by atoms with Crippen LogP contribution in [0.5, 0.6) is 0 Å². The number of hydrogen-bond acceptors (Lipinski definition) is 2. The van der Waals surface area contributed by atoms with Crippen LogP contribution >= 0.6 is 15.9 Å². The van der Waals surface area contributed by atoms with E-state index >= 15 is 0 Å². The quantitative estimate of drug-likeness (QED) is 0.279. The number of aryl methyl sites for hydroxylation is 1. The minimum absolute atomic E-state index is 0.106. The molecule has 0 heterocycles. The molecule has 0 aromatic heterocycles. The van der Waals surface area contributed by atoms with Gasteiger partial charge in [0.2, 0.25) is 0 Å². The van der Waals surface area contributed by atoms with E-state index in [1.807, 2.05) is 6.07 Å². The zero-order valence-electron chi connectivity index (χ0n) is 12.5. The van der Waals surface area contributed by atoms with Gasteiger partial charge in [0, 0.05) is 6.61 Å². The summed E-state index contributed by atoms with van der Waals surface area (Å²) >= 11 is 3.39. The van der Waals surface area contributed by atoms with Crippen molar-refractivity contribution in [1.82, 2.24) is 0 Å². The summed E-state index contributed by atoms with van der Waals surface area (Å²) in [6.07, 6.45) is 6.47. The van der Waals surface area contributed by atoms with E-state index in [1.54, 1.807) is 0 Å². The highest BCUT2D eigenvalue weighted by molar-refractivity contribution is 9.09. The first-order valence-corrected chi connectivity index (χ1v) is 8.50. The molecule has 1 aromatic carbocycles. The van der Waals surface area contributed by atoms with Crippen molar-refractivity contribution >= 4 is 22.2 Å². The number of halogens is 1. The van der Waals surface area contributed by atoms with Gasteiger partial charge in [-0.1, -0.05) is 64.8 Å². The molecule has 0 spiro atoms. The molecule has 0 radical (unpaired) electrons. The fourth-order valence-corrected chi connectivity index (χ4v) is 2.92. The number of aliphatic hydroxyl groups excluding tert-OH is 1. The second kappa shape index (κ2) is 10.7. The predicted octanol–water partition coefficient (Wildman–Crippen LogP) is 4.31. The van der Waals surface area contributed by atoms with Crippen LogP contribution < -0.4 is 0 Å². The minimum Gasteiger partial charge on any atom is -0.396 e. The van der Waals surface area contributed by atoms with Gasteiger partial charge in [0.05, 0.1) is 4.83 Å². The molecule has 0 aliphatic heterocycles. The molecule has 0 aliphatic rings. The lowest BCUT2D eigenvalue weighted by Gasteiger charge is -2.20. The fourth-order valence-electron chi connectivity index (χ4n) is 2.47. The molecule has 1 aromatic rings. The molecule has 116 valence electrons. The summed E-state index contributed by atoms with van der Waals surface area (Å²) in [4.78, 5) is 10.7. The van der Waals surface area contributed by atoms with Gasteiger partial charge >= 0.3 is 0 Å². The molecule has 0 amide bonds. The monoisotopic (exact) mass is 352 g/mol. The average molecular weight is 353 g/mol. The van der Waals surface area contributed by atoms with E-state index in [9.17, 15) is 4.79 Å². The Hall–Kier alpha value is -0.930. The average Bonchev–Trinajstić information content (AvgIpc) is 2.52. The Bertz CT molecular complexity index is 416. The zero-order valence-corrected chi connectivity index (χ0v) is 14.1. The smallest absolute Gasteiger partial charge is 0.133 e. The van der Waals surface area contributed by atoms with Crippen molar-refractivity contribution in [2.75, 3.05) is 6.61 Å². The highest BCUT2D eigenvalue weighted by Crippen LogP contribution is 2.27. The van der Waals surface area contributed by atoms with E-state index in [0.29, 0.717) is 5.92 Å². The Kier molecular flexibility index (Phi) is 9.27. The van der Waals surface area contributed by atoms with Crippen LogP contribution in [0.1, 0.15) is 37.7 Å². The van der Waals surface area contributed by atoms with Gasteiger partial charge in [-0.15, -0.1) is 0 Å². The Morgan fingerprint density at radius 1 is 1.29 bits per heavy atom. The molecule has 0 aliphatic carbocycles. The van der Waals surface area contributed by atoms with Crippen LogP contribution in [0.15, 0.2) is 42.5 Å². The first-order valence-electron chi connectivity index (χ1n) is 7.59. The van der Waals surface area contributed by atoms with E-state index < -0.39 is 0 Å². The van der Waals surface area contributed by atoms with Gasteiger partial charge in [-0.25, -0.2) is 0 Å². The maximum atomic E-state index is 10.9. The standard InChI is InChI=1S/C18H25BrO2/c1-15(10-11-16-7-3-2-4-8-16)17(9-5-6-12-20)13-18(19)14-21/h2-4,7-8,14,17-18,20H,1,5-6,9-13H2. The second-order valence-corrected chi connectivity index (χ2v) is 6.62. The Morgan fingerprint density at radius 2 is 2.00 bits per heavy atom. The van der Waals surface area contributed by atoms with Crippen molar-refractivity contribution in [3.63, 3.8) is 0 Å². The number of carbonyl (C=O) groups is 1. The molecule has 2 unspecified atom stereocenters. The third kappa shape index (κ3) is 7.58. The van der Waals surface area contributed by atoms with Crippen molar-refractivity contribution in [3.05, 3.63) is 48.0 Å². The highest BCUT2D eigenvalue weighted by atomic mass is 79.9. The normalized spacial score (nSPS) is 13.6. The summed E-state index contributed by atoms with van der Waals surface area (Å²) in [7, 11) is 0. The second-order valence-electron chi connectivity index (χ2n) is 5.45. The van der Waals surface area contributed by atoms with Gasteiger partial charge in [0.25, 0.3) is 0 Å². The van der Waals surface area contributed by atoms with Crippen LogP contribution in [0.25, 0.3) is 0 Å². The Balaban J connectivity index is 2.50. The van der Waals surface area contributed by atoms with Gasteiger partial charge in [0.1, 0.15) is 6.29 Å². The van der Waals surface area contributed by atoms with E-state index in [0.717, 1.165) is 44.8 Å². The summed E-state index contributed by atoms with van der Waals surface area (Å²) in [6, 6.07) is 10.4. The number of benzene rings is 1. The SMILES string of the molecule is C=C(CCc1ccccc1)C(CCCCO)CC(Br)C=O. The number of unbranched alkanes of at least 4 members (excludes halogenated alkanes) is 1. The molecule has 0 saturated heterocycles. The molecular weight excluding hydrogens is 328 g/mol. The number of hydrogen-bond donors (Lipinski definition) is 1. The van der Waals surface area contributed by atoms with Gasteiger partial charge in [0.15, 0.2) is 0 Å². The molecule has 0 saturated carbocycles. The van der Waals surface area contributed by atoms with Crippen molar-refractivity contribution in [2.45, 2.75) is 43.4 Å². The van der Waals surface area contributed by atoms with Crippen LogP contribution in [0.4, 0.5) is 0 Å². The third-order valence-corrected chi connectivity index (χ3v) is 4.36. The summed E-state index contributed by atoms with van der Waals surface area (Å²) in [5.74, 6) is 0.342. The van der Waals surface area contributed by atoms with Crippen LogP contribution in [-0.2, 0) is 11.2 Å². The number of rotatable bonds is 11. The molecule has 2 atom stereocenters. The van der Waals surface area contributed by atoms with Crippen LogP contribution in [0.2, 0.25) is 0 Å². The zero-order chi connectivity index (χ0) is 15.5. The molecule has 0 bridgehead atoms. The van der Waals surface area contributed by atoms with Crippen molar-refractivity contribution < 1.29 is 9.90 Å². The number of carbonyl (C=O) groups excluding carboxylic acids is 1. The van der Waals surface area contributed by atoms with Gasteiger partial charge in [-0.2, -0.15) is 0 Å². The van der Waals surface area contributed by atoms with E-state index in [1.165, 1.54) is 11.1 Å². The number of allylic oxidation sites excluding steroid dienone is 1. The van der Waals surface area contributed by atoms with E-state index in [2.05, 4.69) is 46.8 Å². The lowest BCUT2D eigenvalue weighted by molar-refractivity contribution is -0.107. The molecule has 1 rings (SSSR count). The molecule has 0 fully saturated rings. The van der Waals surface area contributed by atoms with Crippen molar-refractivity contribution in [2.24, 2.45) is 5.92 Å². The minimum atomic E-state index is -0.106. The van der Waals surface area contributed by atoms with E-state index in [4.69, 9.17) is 5.11 Å². The molecule has 2 nitrogen and oxygen atoms in total. The Morgan fingerprint density at radius 3 is 2.62 bits per heavy atom. The summed E-state index contributed by atoms with van der Waals surface area (Å²) in [6.45, 7) is 4.47. The first-order chi connectivity index (χ1) is 10.2. The molecule has 1 N–H and O–H groups in total. The van der Waals surface area contributed by atoms with Crippen molar-refractivity contribution in [3.8, 4) is 0 Å². The summed E-state index contributed by atoms with van der Waals surface area (Å²) in [5.41, 5.74) is 2.53.